The van der Waals surface area contributed by atoms with E-state index in [9.17, 15) is 4.79 Å². The number of benzene rings is 2. The monoisotopic (exact) mass is 954 g/mol. The molecule has 54 heavy (non-hydrogen) atoms. The van der Waals surface area contributed by atoms with Gasteiger partial charge in [-0.25, -0.2) is 20.5 Å². The van der Waals surface area contributed by atoms with Crippen LogP contribution in [0, 0.1) is 22.7 Å². The standard InChI is InChI=1S/C16H21BrN4O2.C16H20BrN3O2.CH2O3.ClH.2K.H4NO.H/c1-16(2,3)13(19-22)9-23-12-7-6-11-15(14(12)17)18-20-21(11)8-10-4-5-10;1-16(2,3)13(21)9-22-12-7-6-11-15(14(12)17)18-19-20(11)8-10-4-5-10;2-1-4-3;;;;1-2;/h6-7,10,22H,4-5,8-9H2,1-3H3;6-7,10H,4-5,8-9H2,1-3H3;1,3H;1H;;;2H,1H3;/q;;;;3*+1;-1/p-2/b19-13+;;;;;;;. The van der Waals surface area contributed by atoms with Gasteiger partial charge in [-0.05, 0) is 93.6 Å². The summed E-state index contributed by atoms with van der Waals surface area (Å²) < 4.78 is 16.9. The van der Waals surface area contributed by atoms with Crippen molar-refractivity contribution in [3.63, 3.8) is 0 Å². The third-order valence-corrected chi connectivity index (χ3v) is 9.55. The molecule has 16 nitrogen and oxygen atoms in total. The smallest absolute Gasteiger partial charge is 1.00 e. The van der Waals surface area contributed by atoms with E-state index in [1.807, 2.05) is 75.2 Å². The van der Waals surface area contributed by atoms with Crippen LogP contribution in [0.25, 0.3) is 22.1 Å². The number of rotatable bonds is 11. The van der Waals surface area contributed by atoms with E-state index in [1.54, 1.807) is 0 Å². The SMILES string of the molecule is CC(C)(C)/C(COc1ccc2c(nnn2CC2CC2)c1Br)=N/O.CC(C)(C)C(=O)COc1ccc2c(nnn2CC2CC2)c1Br.O=CO[O-].[Cl-].[H-].[K+].[K+].[NH3+]O. The summed E-state index contributed by atoms with van der Waals surface area (Å²) in [5.41, 5.74) is 3.50. The fourth-order valence-corrected chi connectivity index (χ4v) is 5.51. The average molecular weight is 957 g/mol. The maximum Gasteiger partial charge on any atom is 1.00 e. The maximum absolute atomic E-state index is 12.0. The second-order valence-electron chi connectivity index (χ2n) is 14.2. The minimum Gasteiger partial charge on any atom is -1.00 e. The molecule has 0 bridgehead atoms. The molecule has 2 aromatic heterocycles. The minimum atomic E-state index is -0.399. The maximum atomic E-state index is 12.0. The van der Waals surface area contributed by atoms with E-state index in [2.05, 4.69) is 68.4 Å². The summed E-state index contributed by atoms with van der Waals surface area (Å²) in [6.45, 7) is 13.6. The van der Waals surface area contributed by atoms with Gasteiger partial charge in [-0.3, -0.25) is 9.59 Å². The van der Waals surface area contributed by atoms with Crippen LogP contribution in [0.5, 0.6) is 11.5 Å². The zero-order chi connectivity index (χ0) is 37.9. The van der Waals surface area contributed by atoms with Crippen LogP contribution in [0.1, 0.15) is 68.7 Å². The summed E-state index contributed by atoms with van der Waals surface area (Å²) in [6, 6.07) is 7.70. The van der Waals surface area contributed by atoms with E-state index in [0.29, 0.717) is 17.2 Å². The number of ether oxygens (including phenoxy) is 2. The van der Waals surface area contributed by atoms with Crippen molar-refractivity contribution >= 4 is 71.9 Å². The molecule has 0 aliphatic heterocycles. The van der Waals surface area contributed by atoms with Crippen molar-refractivity contribution in [1.82, 2.24) is 30.0 Å². The molecular formula is C33H47Br2ClK2N8O8. The van der Waals surface area contributed by atoms with Gasteiger partial charge in [-0.1, -0.05) is 57.1 Å². The van der Waals surface area contributed by atoms with Gasteiger partial charge in [0, 0.05) is 23.9 Å². The van der Waals surface area contributed by atoms with Gasteiger partial charge >= 0.3 is 103 Å². The quantitative estimate of drug-likeness (QED) is 0.0324. The van der Waals surface area contributed by atoms with Gasteiger partial charge < -0.3 is 38.7 Å². The van der Waals surface area contributed by atoms with Crippen LogP contribution < -0.4 is 136 Å². The van der Waals surface area contributed by atoms with Crippen molar-refractivity contribution < 1.29 is 162 Å². The Morgan fingerprint density at radius 3 is 1.57 bits per heavy atom. The predicted molar refractivity (Wildman–Crippen MR) is 193 cm³/mol. The third kappa shape index (κ3) is 16.2. The summed E-state index contributed by atoms with van der Waals surface area (Å²) in [4.78, 5) is 23.2. The first kappa shape index (κ1) is 53.9. The Labute approximate surface area is 423 Å². The number of aromatic nitrogens is 6. The molecule has 0 radical (unpaired) electrons. The van der Waals surface area contributed by atoms with E-state index in [-0.39, 0.29) is 147 Å². The van der Waals surface area contributed by atoms with Crippen LogP contribution in [-0.4, -0.2) is 71.6 Å². The molecule has 0 unspecified atom stereocenters. The van der Waals surface area contributed by atoms with E-state index in [0.717, 1.165) is 55.9 Å². The Kier molecular flexibility index (Phi) is 25.3. The van der Waals surface area contributed by atoms with Gasteiger partial charge in [-0.15, -0.1) is 10.2 Å². The minimum absolute atomic E-state index is 0. The molecule has 2 fully saturated rings. The average Bonchev–Trinajstić information content (AvgIpc) is 4.01. The Bertz CT molecular complexity index is 1820. The van der Waals surface area contributed by atoms with Crippen molar-refractivity contribution in [2.75, 3.05) is 13.2 Å². The number of carbonyl (C=O) groups excluding carboxylic acids is 2. The first-order valence-corrected chi connectivity index (χ1v) is 17.8. The second-order valence-corrected chi connectivity index (χ2v) is 15.7. The fourth-order valence-electron chi connectivity index (χ4n) is 4.46. The molecule has 2 aliphatic carbocycles. The summed E-state index contributed by atoms with van der Waals surface area (Å²) in [7, 11) is 0. The molecule has 2 saturated carbocycles. The Hall–Kier alpha value is -0.147. The fraction of sp³-hybridized carbons (Fsp3) is 0.545. The molecule has 0 amide bonds. The van der Waals surface area contributed by atoms with Crippen molar-refractivity contribution in [3.05, 3.63) is 33.2 Å². The predicted octanol–water partition coefficient (Wildman–Crippen LogP) is -4.37. The van der Waals surface area contributed by atoms with Gasteiger partial charge in [0.25, 0.3) is 6.47 Å². The second kappa shape index (κ2) is 25.4. The first-order valence-electron chi connectivity index (χ1n) is 16.3. The molecule has 2 aliphatic rings. The van der Waals surface area contributed by atoms with Crippen LogP contribution in [0.3, 0.4) is 0 Å². The molecule has 2 aromatic carbocycles. The molecule has 0 saturated heterocycles. The number of Topliss-reactive ketones (excluding diaryl/α,β-unsaturated/α-hetero) is 1. The number of nitrogens with zero attached hydrogens (tertiary/aromatic N) is 7. The molecule has 2 heterocycles. The topological polar surface area (TPSA) is 227 Å². The number of fused-ring (bicyclic) bond motifs is 2. The third-order valence-electron chi connectivity index (χ3n) is 8.02. The zero-order valence-corrected chi connectivity index (χ0v) is 42.2. The van der Waals surface area contributed by atoms with Crippen molar-refractivity contribution in [3.8, 4) is 11.5 Å². The molecule has 290 valence electrons. The number of hydrogen-bond donors (Lipinski definition) is 3. The van der Waals surface area contributed by atoms with Crippen LogP contribution in [0.15, 0.2) is 38.4 Å². The number of quaternary nitrogens is 1. The number of halogens is 3. The number of ketones is 1. The van der Waals surface area contributed by atoms with Crippen LogP contribution in [0.2, 0.25) is 0 Å². The summed E-state index contributed by atoms with van der Waals surface area (Å²) in [5.74, 6) is 5.09. The zero-order valence-electron chi connectivity index (χ0n) is 33.0. The van der Waals surface area contributed by atoms with E-state index in [1.165, 1.54) is 25.7 Å². The largest absolute Gasteiger partial charge is 1.00 e. The molecule has 5 N–H and O–H groups in total. The Balaban J connectivity index is 0. The van der Waals surface area contributed by atoms with Gasteiger partial charge in [0.15, 0.2) is 5.78 Å². The van der Waals surface area contributed by atoms with Crippen molar-refractivity contribution in [2.24, 2.45) is 27.8 Å². The normalized spacial score (nSPS) is 13.6. The van der Waals surface area contributed by atoms with Gasteiger partial charge in [-0.2, -0.15) is 0 Å². The number of oxime groups is 1. The van der Waals surface area contributed by atoms with Crippen LogP contribution in [0.4, 0.5) is 0 Å². The number of hydrogen-bond acceptors (Lipinski definition) is 13. The summed E-state index contributed by atoms with van der Waals surface area (Å²) in [5, 5.41) is 44.6. The van der Waals surface area contributed by atoms with E-state index < -0.39 is 5.41 Å². The van der Waals surface area contributed by atoms with Crippen LogP contribution >= 0.6 is 31.9 Å². The molecule has 4 aromatic rings. The van der Waals surface area contributed by atoms with Gasteiger partial charge in [0.05, 0.1) is 25.7 Å². The molecule has 6 rings (SSSR count). The van der Waals surface area contributed by atoms with E-state index >= 15 is 0 Å². The van der Waals surface area contributed by atoms with Crippen molar-refractivity contribution in [2.45, 2.75) is 80.3 Å². The molecule has 21 heteroatoms. The molecular weight excluding hydrogens is 910 g/mol. The first-order chi connectivity index (χ1) is 24.2. The molecule has 0 spiro atoms. The summed E-state index contributed by atoms with van der Waals surface area (Å²) >= 11 is 7.08. The van der Waals surface area contributed by atoms with E-state index in [4.69, 9.17) is 29.9 Å². The van der Waals surface area contributed by atoms with Gasteiger partial charge in [0.1, 0.15) is 35.7 Å². The summed E-state index contributed by atoms with van der Waals surface area (Å²) in [6.07, 6.45) is 5.11. The van der Waals surface area contributed by atoms with Crippen LogP contribution in [-0.2, 0) is 27.6 Å². The molecule has 0 atom stereocenters. The Morgan fingerprint density at radius 2 is 1.26 bits per heavy atom. The van der Waals surface area contributed by atoms with Crippen molar-refractivity contribution in [1.29, 1.82) is 0 Å². The van der Waals surface area contributed by atoms with Gasteiger partial charge in [0.2, 0.25) is 0 Å². The number of carbonyl (C=O) groups is 2. The Morgan fingerprint density at radius 1 is 0.870 bits per heavy atom.